The van der Waals surface area contributed by atoms with E-state index >= 15 is 0 Å². The van der Waals surface area contributed by atoms with Crippen molar-refractivity contribution in [2.45, 2.75) is 64.6 Å². The lowest BCUT2D eigenvalue weighted by molar-refractivity contribution is -0.140. The molecule has 9 heteroatoms. The van der Waals surface area contributed by atoms with Crippen molar-refractivity contribution in [1.29, 1.82) is 0 Å². The SMILES string of the molecule is COc1ccc(C)cc1N(CC(=O)N(Cc1cccc(C)c1)C(C)C(=O)NC(C)(C)C)S(=O)(=O)c1ccccc1. The number of benzene rings is 3. The van der Waals surface area contributed by atoms with Gasteiger partial charge in [0.2, 0.25) is 11.8 Å². The molecule has 3 aromatic rings. The first kappa shape index (κ1) is 30.7. The van der Waals surface area contributed by atoms with Gasteiger partial charge in [0, 0.05) is 12.1 Å². The number of nitrogens with zero attached hydrogens (tertiary/aromatic N) is 2. The summed E-state index contributed by atoms with van der Waals surface area (Å²) in [6, 6.07) is 19.9. The Morgan fingerprint density at radius 1 is 0.925 bits per heavy atom. The van der Waals surface area contributed by atoms with Crippen LogP contribution in [-0.2, 0) is 26.2 Å². The van der Waals surface area contributed by atoms with Crippen molar-refractivity contribution in [1.82, 2.24) is 10.2 Å². The number of methoxy groups -OCH3 is 1. The summed E-state index contributed by atoms with van der Waals surface area (Å²) >= 11 is 0. The van der Waals surface area contributed by atoms with E-state index in [0.29, 0.717) is 5.75 Å². The summed E-state index contributed by atoms with van der Waals surface area (Å²) in [4.78, 5) is 28.8. The third-order valence-corrected chi connectivity index (χ3v) is 8.09. The van der Waals surface area contributed by atoms with Gasteiger partial charge in [0.1, 0.15) is 18.3 Å². The first-order valence-corrected chi connectivity index (χ1v) is 14.6. The molecule has 0 bridgehead atoms. The minimum absolute atomic E-state index is 0.0371. The second-order valence-electron chi connectivity index (χ2n) is 10.9. The van der Waals surface area contributed by atoms with Crippen molar-refractivity contribution in [3.05, 3.63) is 89.5 Å². The predicted octanol–water partition coefficient (Wildman–Crippen LogP) is 4.84. The monoisotopic (exact) mass is 565 g/mol. The average Bonchev–Trinajstić information content (AvgIpc) is 2.89. The zero-order valence-corrected chi connectivity index (χ0v) is 25.1. The van der Waals surface area contributed by atoms with E-state index in [1.165, 1.54) is 24.1 Å². The minimum atomic E-state index is -4.18. The fraction of sp³-hybridized carbons (Fsp3) is 0.355. The fourth-order valence-electron chi connectivity index (χ4n) is 4.29. The number of carbonyl (C=O) groups excluding carboxylic acids is 2. The molecule has 3 rings (SSSR count). The Labute approximate surface area is 238 Å². The van der Waals surface area contributed by atoms with Crippen LogP contribution in [0.15, 0.2) is 77.7 Å². The van der Waals surface area contributed by atoms with E-state index in [2.05, 4.69) is 5.32 Å². The first-order valence-electron chi connectivity index (χ1n) is 13.1. The van der Waals surface area contributed by atoms with E-state index in [0.717, 1.165) is 21.0 Å². The molecule has 3 aromatic carbocycles. The number of ether oxygens (including phenoxy) is 1. The molecule has 0 aliphatic carbocycles. The van der Waals surface area contributed by atoms with Crippen LogP contribution in [0.3, 0.4) is 0 Å². The highest BCUT2D eigenvalue weighted by Gasteiger charge is 2.34. The Morgan fingerprint density at radius 3 is 2.17 bits per heavy atom. The van der Waals surface area contributed by atoms with Crippen LogP contribution in [0.5, 0.6) is 5.75 Å². The largest absolute Gasteiger partial charge is 0.495 e. The highest BCUT2D eigenvalue weighted by atomic mass is 32.2. The molecular weight excluding hydrogens is 526 g/mol. The molecule has 0 saturated heterocycles. The average molecular weight is 566 g/mol. The van der Waals surface area contributed by atoms with Crippen LogP contribution in [0.1, 0.15) is 44.4 Å². The van der Waals surface area contributed by atoms with Crippen molar-refractivity contribution < 1.29 is 22.7 Å². The minimum Gasteiger partial charge on any atom is -0.495 e. The number of aryl methyl sites for hydroxylation is 2. The van der Waals surface area contributed by atoms with Crippen LogP contribution in [-0.4, -0.2) is 50.4 Å². The molecule has 0 spiro atoms. The molecule has 1 N–H and O–H groups in total. The molecule has 1 atom stereocenters. The number of hydrogen-bond donors (Lipinski definition) is 1. The molecule has 0 radical (unpaired) electrons. The third-order valence-electron chi connectivity index (χ3n) is 6.31. The maximum atomic E-state index is 14.1. The molecular formula is C31H39N3O5S. The number of amides is 2. The maximum absolute atomic E-state index is 14.1. The van der Waals surface area contributed by atoms with Crippen molar-refractivity contribution in [3.8, 4) is 5.75 Å². The molecule has 2 amide bonds. The number of carbonyl (C=O) groups is 2. The van der Waals surface area contributed by atoms with E-state index in [-0.39, 0.29) is 23.0 Å². The Bertz CT molecular complexity index is 1450. The van der Waals surface area contributed by atoms with E-state index in [1.807, 2.05) is 58.9 Å². The van der Waals surface area contributed by atoms with Crippen molar-refractivity contribution in [2.24, 2.45) is 0 Å². The van der Waals surface area contributed by atoms with E-state index < -0.39 is 34.1 Å². The van der Waals surface area contributed by atoms with Gasteiger partial charge in [0.25, 0.3) is 10.0 Å². The van der Waals surface area contributed by atoms with Crippen LogP contribution < -0.4 is 14.4 Å². The molecule has 0 heterocycles. The standard InChI is InChI=1S/C31H39N3O5S/c1-22-12-11-13-25(18-22)20-33(24(3)30(36)32-31(4,5)6)29(35)21-34(27-19-23(2)16-17-28(27)39-7)40(37,38)26-14-9-8-10-15-26/h8-19,24H,20-21H2,1-7H3,(H,32,36). The second-order valence-corrected chi connectivity index (χ2v) is 12.8. The molecule has 8 nitrogen and oxygen atoms in total. The molecule has 214 valence electrons. The summed E-state index contributed by atoms with van der Waals surface area (Å²) < 4.78 is 34.5. The number of rotatable bonds is 10. The Balaban J connectivity index is 2.10. The summed E-state index contributed by atoms with van der Waals surface area (Å²) in [7, 11) is -2.73. The third kappa shape index (κ3) is 7.63. The van der Waals surface area contributed by atoms with E-state index in [9.17, 15) is 18.0 Å². The van der Waals surface area contributed by atoms with Gasteiger partial charge in [0.15, 0.2) is 0 Å². The molecule has 0 aliphatic heterocycles. The zero-order valence-electron chi connectivity index (χ0n) is 24.3. The molecule has 0 aromatic heterocycles. The van der Waals surface area contributed by atoms with E-state index in [4.69, 9.17) is 4.74 Å². The van der Waals surface area contributed by atoms with Crippen LogP contribution in [0.25, 0.3) is 0 Å². The summed E-state index contributed by atoms with van der Waals surface area (Å²) in [6.07, 6.45) is 0. The highest BCUT2D eigenvalue weighted by Crippen LogP contribution is 2.33. The highest BCUT2D eigenvalue weighted by molar-refractivity contribution is 7.92. The summed E-state index contributed by atoms with van der Waals surface area (Å²) in [5.74, 6) is -0.554. The Kier molecular flexibility index (Phi) is 9.63. The number of nitrogens with one attached hydrogen (secondary N) is 1. The van der Waals surface area contributed by atoms with Crippen LogP contribution in [0.4, 0.5) is 5.69 Å². The van der Waals surface area contributed by atoms with Gasteiger partial charge < -0.3 is 15.0 Å². The first-order chi connectivity index (χ1) is 18.7. The zero-order chi connectivity index (χ0) is 29.7. The lowest BCUT2D eigenvalue weighted by atomic mass is 10.1. The molecule has 0 aliphatic rings. The maximum Gasteiger partial charge on any atom is 0.264 e. The van der Waals surface area contributed by atoms with Crippen molar-refractivity contribution in [3.63, 3.8) is 0 Å². The van der Waals surface area contributed by atoms with Crippen molar-refractivity contribution >= 4 is 27.5 Å². The Hall–Kier alpha value is -3.85. The Morgan fingerprint density at radius 2 is 1.57 bits per heavy atom. The smallest absolute Gasteiger partial charge is 0.264 e. The van der Waals surface area contributed by atoms with E-state index in [1.54, 1.807) is 43.3 Å². The predicted molar refractivity (Wildman–Crippen MR) is 158 cm³/mol. The summed E-state index contributed by atoms with van der Waals surface area (Å²) in [5.41, 5.74) is 2.36. The lowest BCUT2D eigenvalue weighted by Gasteiger charge is -2.34. The van der Waals surface area contributed by atoms with Gasteiger partial charge in [-0.1, -0.05) is 54.1 Å². The van der Waals surface area contributed by atoms with Gasteiger partial charge in [-0.15, -0.1) is 0 Å². The second kappa shape index (κ2) is 12.6. The molecule has 0 saturated carbocycles. The van der Waals surface area contributed by atoms with Gasteiger partial charge in [-0.05, 0) is 76.9 Å². The number of anilines is 1. The summed E-state index contributed by atoms with van der Waals surface area (Å²) in [5, 5.41) is 2.93. The van der Waals surface area contributed by atoms with Gasteiger partial charge in [-0.3, -0.25) is 13.9 Å². The fourth-order valence-corrected chi connectivity index (χ4v) is 5.73. The van der Waals surface area contributed by atoms with Gasteiger partial charge in [0.05, 0.1) is 17.7 Å². The topological polar surface area (TPSA) is 96.0 Å². The lowest BCUT2D eigenvalue weighted by Crippen LogP contribution is -2.54. The van der Waals surface area contributed by atoms with Crippen molar-refractivity contribution in [2.75, 3.05) is 18.0 Å². The van der Waals surface area contributed by atoms with Crippen LogP contribution in [0.2, 0.25) is 0 Å². The number of sulfonamides is 1. The molecule has 0 fully saturated rings. The van der Waals surface area contributed by atoms with Crippen LogP contribution in [0, 0.1) is 13.8 Å². The number of hydrogen-bond acceptors (Lipinski definition) is 5. The van der Waals surface area contributed by atoms with Gasteiger partial charge in [-0.25, -0.2) is 8.42 Å². The molecule has 1 unspecified atom stereocenters. The van der Waals surface area contributed by atoms with Crippen LogP contribution >= 0.6 is 0 Å². The molecule has 40 heavy (non-hydrogen) atoms. The normalized spacial score (nSPS) is 12.4. The quantitative estimate of drug-likeness (QED) is 0.380. The van der Waals surface area contributed by atoms with Gasteiger partial charge in [-0.2, -0.15) is 0 Å². The van der Waals surface area contributed by atoms with Gasteiger partial charge >= 0.3 is 0 Å². The summed E-state index contributed by atoms with van der Waals surface area (Å²) in [6.45, 7) is 10.6.